The van der Waals surface area contributed by atoms with Crippen LogP contribution in [0, 0.1) is 23.2 Å². The molecule has 1 aromatic rings. The van der Waals surface area contributed by atoms with Crippen molar-refractivity contribution in [3.05, 3.63) is 71.0 Å². The number of hydrogen-bond donors (Lipinski definition) is 9. The van der Waals surface area contributed by atoms with Crippen molar-refractivity contribution in [1.29, 1.82) is 0 Å². The van der Waals surface area contributed by atoms with Crippen LogP contribution >= 0.6 is 7.82 Å². The Hall–Kier alpha value is -3.44. The van der Waals surface area contributed by atoms with Gasteiger partial charge >= 0.3 is 7.82 Å². The third kappa shape index (κ3) is 17.0. The number of methoxy groups -OCH3 is 2. The maximum atomic E-state index is 12.6. The Morgan fingerprint density at radius 3 is 2.31 bits per heavy atom. The normalized spacial score (nSPS) is 27.5. The molecule has 3 rings (SSSR count). The first-order valence-corrected chi connectivity index (χ1v) is 25.6. The monoisotopic (exact) mass is 1030 g/mol. The zero-order chi connectivity index (χ0) is 53.8. The Labute approximate surface area is 419 Å². The lowest BCUT2D eigenvalue weighted by Gasteiger charge is -2.50. The topological polar surface area (TPSA) is 306 Å². The maximum absolute atomic E-state index is 12.6. The van der Waals surface area contributed by atoms with Gasteiger partial charge in [0.2, 0.25) is 5.91 Å². The summed E-state index contributed by atoms with van der Waals surface area (Å²) in [7, 11) is 1.10. The smallest absolute Gasteiger partial charge is 0.448 e. The number of amides is 2. The molecule has 0 unspecified atom stereocenters. The van der Waals surface area contributed by atoms with Crippen LogP contribution in [0.3, 0.4) is 0 Å². The lowest BCUT2D eigenvalue weighted by Crippen LogP contribution is -2.58. The number of likely N-dealkylation sites (N-methyl/N-ethyl adjacent to an activating group) is 1. The number of ether oxygens (including phenoxy) is 4. The third-order valence-electron chi connectivity index (χ3n) is 14.1. The fourth-order valence-electron chi connectivity index (χ4n) is 9.09. The van der Waals surface area contributed by atoms with Crippen molar-refractivity contribution in [2.75, 3.05) is 41.5 Å². The number of primary amides is 1. The molecule has 15 atom stereocenters. The van der Waals surface area contributed by atoms with E-state index in [9.17, 15) is 49.5 Å². The summed E-state index contributed by atoms with van der Waals surface area (Å²) < 4.78 is 48.2. The molecule has 3 heterocycles. The van der Waals surface area contributed by atoms with Gasteiger partial charge in [0.05, 0.1) is 43.2 Å². The molecule has 10 N–H and O–H groups in total. The van der Waals surface area contributed by atoms with E-state index in [0.717, 1.165) is 11.1 Å². The first-order chi connectivity index (χ1) is 33.0. The van der Waals surface area contributed by atoms with Crippen molar-refractivity contribution in [3.8, 4) is 0 Å². The van der Waals surface area contributed by atoms with Gasteiger partial charge < -0.3 is 74.6 Å². The minimum absolute atomic E-state index is 0.0709. The lowest BCUT2D eigenvalue weighted by atomic mass is 9.72. The lowest BCUT2D eigenvalue weighted by molar-refractivity contribution is -0.334. The molecule has 2 amide bonds. The number of nitrogens with one attached hydrogen (secondary N) is 1. The fourth-order valence-corrected chi connectivity index (χ4v) is 9.77. The van der Waals surface area contributed by atoms with Crippen molar-refractivity contribution in [1.82, 2.24) is 15.2 Å². The van der Waals surface area contributed by atoms with E-state index in [0.29, 0.717) is 23.6 Å². The average Bonchev–Trinajstić information content (AvgIpc) is 3.83. The maximum Gasteiger partial charge on any atom is 0.469 e. The summed E-state index contributed by atoms with van der Waals surface area (Å²) in [4.78, 5) is 50.4. The Morgan fingerprint density at radius 1 is 1.06 bits per heavy atom. The van der Waals surface area contributed by atoms with Crippen LogP contribution in [0.5, 0.6) is 0 Å². The molecule has 404 valence electrons. The summed E-state index contributed by atoms with van der Waals surface area (Å²) in [6, 6.07) is -0.597. The predicted octanol–water partition coefficient (Wildman–Crippen LogP) is 3.65. The molecule has 1 spiro atoms. The SMILES string of the molecule is COC[C@H]([C@@H](O)[C@@H](O)C(=O)NCC[C@@H](C)c1nc(/C=C/C[C@H]2O[C@]3(C[C@H](O)[C@H]2C)O[C@@H]([C@@H](C[C@@H](O)[C@@H](C)[C@@H](O)[C@@H](C)/C=C(C)/C(C)=C\C=C\C(C)=C\C(N)=O)OC)[C@@H](OP(=O)(O)O)C3(C)C)co1)N(C)C. The number of aliphatic hydroxyl groups excluding tert-OH is 5. The van der Waals surface area contributed by atoms with E-state index in [4.69, 9.17) is 33.6 Å². The van der Waals surface area contributed by atoms with Crippen molar-refractivity contribution in [2.24, 2.45) is 28.9 Å². The van der Waals surface area contributed by atoms with Gasteiger partial charge in [-0.25, -0.2) is 9.55 Å². The van der Waals surface area contributed by atoms with Gasteiger partial charge in [0, 0.05) is 68.8 Å². The van der Waals surface area contributed by atoms with Gasteiger partial charge in [-0.2, -0.15) is 0 Å². The molecular weight excluding hydrogens is 944 g/mol. The number of rotatable bonds is 27. The Bertz CT molecular complexity index is 2080. The van der Waals surface area contributed by atoms with Crippen molar-refractivity contribution in [2.45, 2.75) is 161 Å². The molecule has 0 bridgehead atoms. The van der Waals surface area contributed by atoms with Crippen LogP contribution in [0.15, 0.2) is 63.9 Å². The number of hydrogen-bond acceptors (Lipinski definition) is 16. The van der Waals surface area contributed by atoms with Crippen LogP contribution in [0.2, 0.25) is 0 Å². The largest absolute Gasteiger partial charge is 0.469 e. The standard InChI is InChI=1S/C50H83N4O16P/c1-28(22-41(51)57)16-14-17-29(2)31(4)23-32(5)42(58)34(7)37(55)24-40(66-13)45-46(70-71(62,63)64)49(8,9)50(69-45)25-38(56)33(6)39(68-50)19-15-18-35-26-67-48(53-35)30(3)20-21-52-47(61)44(60)43(59)36(27-65-12)54(10)11/h14-18,22-23,26,30,32-34,36-40,42-46,55-56,58-60H,19-21,24-25,27H2,1-13H3,(H2,51,57)(H,52,61)(H2,62,63,64)/b16-14+,18-15+,28-22+,29-17-,31-23+/t30-,32+,33-,34-,36-,37-,38+,39-,40-,42+,43-,44-,45+,46-,50-/m1/s1. The number of carbonyl (C=O) groups is 2. The van der Waals surface area contributed by atoms with Crippen molar-refractivity contribution >= 4 is 25.7 Å². The van der Waals surface area contributed by atoms with Gasteiger partial charge in [0.15, 0.2) is 17.8 Å². The molecule has 0 aliphatic carbocycles. The molecule has 2 saturated heterocycles. The minimum atomic E-state index is -5.16. The quantitative estimate of drug-likeness (QED) is 0.0345. The summed E-state index contributed by atoms with van der Waals surface area (Å²) in [5, 5.41) is 58.3. The number of aliphatic hydroxyl groups is 5. The molecule has 2 fully saturated rings. The number of allylic oxidation sites excluding steroid dienone is 6. The van der Waals surface area contributed by atoms with Gasteiger partial charge in [-0.15, -0.1) is 0 Å². The summed E-state index contributed by atoms with van der Waals surface area (Å²) >= 11 is 0. The van der Waals surface area contributed by atoms with E-state index in [1.807, 2.05) is 46.8 Å². The first kappa shape index (κ1) is 61.9. The van der Waals surface area contributed by atoms with Crippen LogP contribution in [-0.4, -0.2) is 165 Å². The highest BCUT2D eigenvalue weighted by Gasteiger charge is 2.68. The van der Waals surface area contributed by atoms with Gasteiger partial charge in [-0.3, -0.25) is 14.1 Å². The van der Waals surface area contributed by atoms with E-state index in [2.05, 4.69) is 10.3 Å². The van der Waals surface area contributed by atoms with E-state index < -0.39 is 110 Å². The molecule has 71 heavy (non-hydrogen) atoms. The van der Waals surface area contributed by atoms with E-state index in [-0.39, 0.29) is 38.3 Å². The highest BCUT2D eigenvalue weighted by atomic mass is 31.2. The summed E-state index contributed by atoms with van der Waals surface area (Å²) in [5.41, 5.74) is 6.90. The van der Waals surface area contributed by atoms with Gasteiger partial charge in [-0.1, -0.05) is 77.5 Å². The van der Waals surface area contributed by atoms with Crippen LogP contribution in [0.25, 0.3) is 6.08 Å². The van der Waals surface area contributed by atoms with Gasteiger partial charge in [0.25, 0.3) is 5.91 Å². The summed E-state index contributed by atoms with van der Waals surface area (Å²) in [6.45, 7) is 16.4. The molecule has 21 heteroatoms. The van der Waals surface area contributed by atoms with Crippen LogP contribution < -0.4 is 11.1 Å². The second-order valence-electron chi connectivity index (χ2n) is 20.1. The highest BCUT2D eigenvalue weighted by Crippen LogP contribution is 2.59. The Balaban J connectivity index is 1.74. The van der Waals surface area contributed by atoms with Gasteiger partial charge in [-0.05, 0) is 64.9 Å². The molecule has 0 aromatic carbocycles. The number of oxazole rings is 1. The predicted molar refractivity (Wildman–Crippen MR) is 266 cm³/mol. The number of phosphoric acid groups is 1. The van der Waals surface area contributed by atoms with E-state index in [1.165, 1.54) is 26.6 Å². The molecular formula is C50H83N4O16P. The average molecular weight is 1030 g/mol. The second kappa shape index (κ2) is 27.2. The number of nitrogens with two attached hydrogens (primary N) is 1. The fraction of sp³-hybridized carbons (Fsp3) is 0.700. The van der Waals surface area contributed by atoms with Gasteiger partial charge in [0.1, 0.15) is 30.3 Å². The first-order valence-electron chi connectivity index (χ1n) is 24.1. The Kier molecular flexibility index (Phi) is 23.7. The zero-order valence-electron chi connectivity index (χ0n) is 43.7. The molecule has 0 radical (unpaired) electrons. The van der Waals surface area contributed by atoms with Crippen molar-refractivity contribution in [3.63, 3.8) is 0 Å². The van der Waals surface area contributed by atoms with E-state index >= 15 is 0 Å². The molecule has 20 nitrogen and oxygen atoms in total. The number of nitrogens with zero attached hydrogens (tertiary/aromatic N) is 2. The molecule has 0 saturated carbocycles. The molecule has 1 aromatic heterocycles. The number of aromatic nitrogens is 1. The second-order valence-corrected chi connectivity index (χ2v) is 21.3. The summed E-state index contributed by atoms with van der Waals surface area (Å²) in [5.74, 6) is -4.23. The molecule has 2 aliphatic heterocycles. The van der Waals surface area contributed by atoms with Crippen LogP contribution in [0.1, 0.15) is 105 Å². The number of carbonyl (C=O) groups excluding carboxylic acids is 2. The van der Waals surface area contributed by atoms with Crippen LogP contribution in [-0.2, 0) is 37.6 Å². The van der Waals surface area contributed by atoms with E-state index in [1.54, 1.807) is 71.0 Å². The highest BCUT2D eigenvalue weighted by molar-refractivity contribution is 7.46. The van der Waals surface area contributed by atoms with Crippen molar-refractivity contribution < 1.29 is 77.4 Å². The van der Waals surface area contributed by atoms with Crippen LogP contribution in [0.4, 0.5) is 0 Å². The number of phosphoric ester groups is 1. The third-order valence-corrected chi connectivity index (χ3v) is 14.6. The Morgan fingerprint density at radius 2 is 1.72 bits per heavy atom. The minimum Gasteiger partial charge on any atom is -0.448 e. The summed E-state index contributed by atoms with van der Waals surface area (Å²) in [6.07, 6.45) is 3.69. The zero-order valence-corrected chi connectivity index (χ0v) is 44.6. The molecule has 2 aliphatic rings.